The molecule has 3 heterocycles. The monoisotopic (exact) mass is 387 g/mol. The molecule has 4 rings (SSSR count). The van der Waals surface area contributed by atoms with E-state index < -0.39 is 0 Å². The van der Waals surface area contributed by atoms with Gasteiger partial charge in [0.25, 0.3) is 0 Å². The molecule has 2 aliphatic heterocycles. The quantitative estimate of drug-likeness (QED) is 0.776. The van der Waals surface area contributed by atoms with Gasteiger partial charge in [-0.05, 0) is 56.5 Å². The highest BCUT2D eigenvalue weighted by atomic mass is 35.5. The van der Waals surface area contributed by atoms with Crippen molar-refractivity contribution in [2.24, 2.45) is 0 Å². The number of nitrogens with zero attached hydrogens (tertiary/aromatic N) is 3. The molecule has 0 radical (unpaired) electrons. The summed E-state index contributed by atoms with van der Waals surface area (Å²) in [4.78, 5) is 21.6. The second-order valence-electron chi connectivity index (χ2n) is 7.55. The highest BCUT2D eigenvalue weighted by molar-refractivity contribution is 6.30. The van der Waals surface area contributed by atoms with Crippen LogP contribution in [0.15, 0.2) is 34.9 Å². The number of amides is 1. The molecule has 1 atom stereocenters. The van der Waals surface area contributed by atoms with E-state index in [1.54, 1.807) is 6.20 Å². The van der Waals surface area contributed by atoms with Crippen LogP contribution in [0.25, 0.3) is 0 Å². The van der Waals surface area contributed by atoms with Crippen molar-refractivity contribution in [3.63, 3.8) is 0 Å². The molecule has 0 unspecified atom stereocenters. The molecule has 27 heavy (non-hydrogen) atoms. The summed E-state index contributed by atoms with van der Waals surface area (Å²) in [6.07, 6.45) is 8.07. The summed E-state index contributed by atoms with van der Waals surface area (Å²) in [5.74, 6) is 1.70. The van der Waals surface area contributed by atoms with Gasteiger partial charge in [0.15, 0.2) is 0 Å². The molecule has 2 fully saturated rings. The first-order valence-corrected chi connectivity index (χ1v) is 10.3. The van der Waals surface area contributed by atoms with E-state index in [9.17, 15) is 4.79 Å². The van der Waals surface area contributed by atoms with Gasteiger partial charge in [0.2, 0.25) is 11.8 Å². The Hall–Kier alpha value is -1.85. The van der Waals surface area contributed by atoms with Gasteiger partial charge >= 0.3 is 0 Å². The number of likely N-dealkylation sites (tertiary alicyclic amines) is 2. The normalized spacial score (nSPS) is 20.9. The van der Waals surface area contributed by atoms with Gasteiger partial charge in [-0.3, -0.25) is 9.69 Å². The fourth-order valence-corrected chi connectivity index (χ4v) is 4.21. The minimum absolute atomic E-state index is 0.0266. The number of carbonyl (C=O) groups excluding carboxylic acids is 1. The van der Waals surface area contributed by atoms with Crippen LogP contribution in [0.3, 0.4) is 0 Å². The van der Waals surface area contributed by atoms with Crippen molar-refractivity contribution in [3.05, 3.63) is 52.7 Å². The van der Waals surface area contributed by atoms with Gasteiger partial charge in [-0.1, -0.05) is 30.2 Å². The summed E-state index contributed by atoms with van der Waals surface area (Å²) < 4.78 is 6.02. The van der Waals surface area contributed by atoms with Gasteiger partial charge in [-0.15, -0.1) is 0 Å². The number of piperidine rings is 1. The number of halogens is 1. The Balaban J connectivity index is 1.40. The Kier molecular flexibility index (Phi) is 5.79. The van der Waals surface area contributed by atoms with Crippen molar-refractivity contribution in [3.8, 4) is 0 Å². The summed E-state index contributed by atoms with van der Waals surface area (Å²) in [6.45, 7) is 3.39. The lowest BCUT2D eigenvalue weighted by molar-refractivity contribution is -0.134. The van der Waals surface area contributed by atoms with E-state index >= 15 is 0 Å². The maximum absolute atomic E-state index is 12.8. The molecule has 144 valence electrons. The van der Waals surface area contributed by atoms with Gasteiger partial charge in [0, 0.05) is 18.0 Å². The van der Waals surface area contributed by atoms with E-state index in [-0.39, 0.29) is 11.9 Å². The zero-order valence-electron chi connectivity index (χ0n) is 15.6. The van der Waals surface area contributed by atoms with Crippen LogP contribution in [0.1, 0.15) is 55.4 Å². The third kappa shape index (κ3) is 4.53. The molecular weight excluding hydrogens is 362 g/mol. The molecular formula is C21H26ClN3O2. The number of oxazole rings is 1. The lowest BCUT2D eigenvalue weighted by Gasteiger charge is -2.29. The molecule has 0 bridgehead atoms. The molecule has 5 nitrogen and oxygen atoms in total. The highest BCUT2D eigenvalue weighted by Gasteiger charge is 2.34. The molecule has 1 aromatic carbocycles. The minimum atomic E-state index is -0.0266. The van der Waals surface area contributed by atoms with E-state index in [1.807, 2.05) is 29.2 Å². The van der Waals surface area contributed by atoms with Crippen LogP contribution in [0.5, 0.6) is 0 Å². The van der Waals surface area contributed by atoms with Crippen LogP contribution < -0.4 is 0 Å². The third-order valence-corrected chi connectivity index (χ3v) is 5.78. The van der Waals surface area contributed by atoms with Gasteiger partial charge in [0.05, 0.1) is 12.7 Å². The Labute approximate surface area is 165 Å². The number of hydrogen-bond acceptors (Lipinski definition) is 4. The zero-order valence-corrected chi connectivity index (χ0v) is 16.3. The van der Waals surface area contributed by atoms with Gasteiger partial charge in [-0.2, -0.15) is 0 Å². The van der Waals surface area contributed by atoms with Crippen LogP contribution in [-0.4, -0.2) is 46.9 Å². The molecule has 0 N–H and O–H groups in total. The second-order valence-corrected chi connectivity index (χ2v) is 7.99. The summed E-state index contributed by atoms with van der Waals surface area (Å²) in [7, 11) is 0. The summed E-state index contributed by atoms with van der Waals surface area (Å²) in [5, 5.41) is 0.728. The van der Waals surface area contributed by atoms with Crippen LogP contribution in [-0.2, 0) is 11.2 Å². The standard InChI is InChI=1S/C21H26ClN3O2/c22-17-8-6-16(7-9-17)13-18-14-23-21(27-18)19-5-4-12-25(19)20(26)15-24-10-2-1-3-11-24/h6-9,14,19H,1-5,10-13,15H2/t19-/m0/s1. The van der Waals surface area contributed by atoms with E-state index in [1.165, 1.54) is 19.3 Å². The minimum Gasteiger partial charge on any atom is -0.443 e. The molecule has 1 aromatic heterocycles. The molecule has 6 heteroatoms. The second kappa shape index (κ2) is 8.44. The Morgan fingerprint density at radius 3 is 2.67 bits per heavy atom. The van der Waals surface area contributed by atoms with E-state index in [0.29, 0.717) is 18.9 Å². The van der Waals surface area contributed by atoms with Crippen molar-refractivity contribution >= 4 is 17.5 Å². The van der Waals surface area contributed by atoms with Gasteiger partial charge in [-0.25, -0.2) is 4.98 Å². The Morgan fingerprint density at radius 1 is 1.11 bits per heavy atom. The van der Waals surface area contributed by atoms with E-state index in [0.717, 1.165) is 48.8 Å². The van der Waals surface area contributed by atoms with Crippen LogP contribution in [0.4, 0.5) is 0 Å². The summed E-state index contributed by atoms with van der Waals surface area (Å²) in [5.41, 5.74) is 1.13. The first-order chi connectivity index (χ1) is 13.2. The number of hydrogen-bond donors (Lipinski definition) is 0. The third-order valence-electron chi connectivity index (χ3n) is 5.53. The topological polar surface area (TPSA) is 49.6 Å². The molecule has 1 amide bonds. The molecule has 0 aliphatic carbocycles. The fourth-order valence-electron chi connectivity index (χ4n) is 4.08. The average Bonchev–Trinajstić information content (AvgIpc) is 3.33. The predicted molar refractivity (Wildman–Crippen MR) is 105 cm³/mol. The number of carbonyl (C=O) groups is 1. The molecule has 0 spiro atoms. The molecule has 0 saturated carbocycles. The smallest absolute Gasteiger partial charge is 0.237 e. The largest absolute Gasteiger partial charge is 0.443 e. The lowest BCUT2D eigenvalue weighted by atomic mass is 10.1. The lowest BCUT2D eigenvalue weighted by Crippen LogP contribution is -2.42. The van der Waals surface area contributed by atoms with Gasteiger partial charge in [0.1, 0.15) is 11.8 Å². The average molecular weight is 388 g/mol. The van der Waals surface area contributed by atoms with Crippen LogP contribution in [0.2, 0.25) is 5.02 Å². The SMILES string of the molecule is O=C(CN1CCCCC1)N1CCC[C@H]1c1ncc(Cc2ccc(Cl)cc2)o1. The van der Waals surface area contributed by atoms with E-state index in [2.05, 4.69) is 9.88 Å². The number of aromatic nitrogens is 1. The number of benzene rings is 1. The van der Waals surface area contributed by atoms with Gasteiger partial charge < -0.3 is 9.32 Å². The first kappa shape index (κ1) is 18.5. The summed E-state index contributed by atoms with van der Waals surface area (Å²) in [6, 6.07) is 7.72. The zero-order chi connectivity index (χ0) is 18.6. The molecule has 2 aliphatic rings. The van der Waals surface area contributed by atoms with Crippen molar-refractivity contribution in [1.82, 2.24) is 14.8 Å². The van der Waals surface area contributed by atoms with Crippen molar-refractivity contribution in [1.29, 1.82) is 0 Å². The van der Waals surface area contributed by atoms with E-state index in [4.69, 9.17) is 16.0 Å². The van der Waals surface area contributed by atoms with Crippen molar-refractivity contribution < 1.29 is 9.21 Å². The Bertz CT molecular complexity index is 768. The fraction of sp³-hybridized carbons (Fsp3) is 0.524. The van der Waals surface area contributed by atoms with Crippen LogP contribution in [0, 0.1) is 0 Å². The Morgan fingerprint density at radius 2 is 1.89 bits per heavy atom. The van der Waals surface area contributed by atoms with Crippen LogP contribution >= 0.6 is 11.6 Å². The maximum Gasteiger partial charge on any atom is 0.237 e. The molecule has 2 aromatic rings. The van der Waals surface area contributed by atoms with Crippen molar-refractivity contribution in [2.75, 3.05) is 26.2 Å². The molecule has 2 saturated heterocycles. The predicted octanol–water partition coefficient (Wildman–Crippen LogP) is 4.07. The first-order valence-electron chi connectivity index (χ1n) is 9.90. The van der Waals surface area contributed by atoms with Crippen molar-refractivity contribution in [2.45, 2.75) is 44.6 Å². The summed E-state index contributed by atoms with van der Waals surface area (Å²) >= 11 is 5.94. The number of rotatable bonds is 5. The highest BCUT2D eigenvalue weighted by Crippen LogP contribution is 2.32. The maximum atomic E-state index is 12.8.